The minimum absolute atomic E-state index is 0.348. The van der Waals surface area contributed by atoms with E-state index in [1.807, 2.05) is 30.3 Å². The Morgan fingerprint density at radius 3 is 2.64 bits per heavy atom. The average Bonchev–Trinajstić information content (AvgIpc) is 3.49. The molecule has 4 aromatic rings. The molecule has 5 rings (SSSR count). The summed E-state index contributed by atoms with van der Waals surface area (Å²) in [5.41, 5.74) is 2.84. The van der Waals surface area contributed by atoms with Gasteiger partial charge in [-0.05, 0) is 36.8 Å². The van der Waals surface area contributed by atoms with Crippen LogP contribution in [0.15, 0.2) is 61.1 Å². The number of anilines is 1. The monoisotopic (exact) mass is 536 g/mol. The third kappa shape index (κ3) is 5.90. The molecule has 0 radical (unpaired) electrons. The summed E-state index contributed by atoms with van der Waals surface area (Å²) in [4.78, 5) is 30.2. The molecule has 0 spiro atoms. The molecule has 39 heavy (non-hydrogen) atoms. The van der Waals surface area contributed by atoms with Crippen LogP contribution in [-0.2, 0) is 9.57 Å². The van der Waals surface area contributed by atoms with Crippen molar-refractivity contribution in [1.29, 1.82) is 0 Å². The third-order valence-corrected chi connectivity index (χ3v) is 6.22. The fourth-order valence-corrected chi connectivity index (χ4v) is 4.36. The second-order valence-corrected chi connectivity index (χ2v) is 8.83. The molecule has 0 unspecified atom stereocenters. The first-order valence-electron chi connectivity index (χ1n) is 12.2. The van der Waals surface area contributed by atoms with Crippen molar-refractivity contribution in [2.75, 3.05) is 32.1 Å². The van der Waals surface area contributed by atoms with Crippen LogP contribution >= 0.6 is 0 Å². The molecular weight excluding hydrogens is 510 g/mol. The fraction of sp³-hybridized carbons (Fsp3) is 0.269. The number of amides is 2. The first kappa shape index (κ1) is 26.3. The Balaban J connectivity index is 1.42. The van der Waals surface area contributed by atoms with Crippen molar-refractivity contribution < 1.29 is 23.1 Å². The van der Waals surface area contributed by atoms with Gasteiger partial charge < -0.3 is 10.1 Å². The minimum Gasteiger partial charge on any atom is -0.383 e. The number of nitrogens with zero attached hydrogens (tertiary/aromatic N) is 6. The van der Waals surface area contributed by atoms with Gasteiger partial charge in [0.25, 0.3) is 0 Å². The van der Waals surface area contributed by atoms with Gasteiger partial charge in [-0.2, -0.15) is 18.9 Å². The van der Waals surface area contributed by atoms with Crippen LogP contribution < -0.4 is 10.6 Å². The van der Waals surface area contributed by atoms with E-state index in [1.165, 1.54) is 24.7 Å². The maximum atomic E-state index is 13.9. The highest BCUT2D eigenvalue weighted by atomic mass is 19.1. The number of hydroxylamine groups is 2. The molecule has 1 aromatic carbocycles. The minimum atomic E-state index is -0.849. The fourth-order valence-electron chi connectivity index (χ4n) is 4.36. The Hall–Kier alpha value is -4.33. The molecule has 1 fully saturated rings. The number of benzene rings is 1. The lowest BCUT2D eigenvalue weighted by Crippen LogP contribution is -2.42. The molecule has 0 aliphatic carbocycles. The lowest BCUT2D eigenvalue weighted by atomic mass is 10.0. The summed E-state index contributed by atoms with van der Waals surface area (Å²) in [6, 6.07) is 11.1. The molecule has 1 aliphatic heterocycles. The number of methoxy groups -OCH3 is 1. The van der Waals surface area contributed by atoms with E-state index in [0.717, 1.165) is 0 Å². The number of carbonyl (C=O) groups is 1. The molecule has 1 saturated heterocycles. The van der Waals surface area contributed by atoms with Crippen molar-refractivity contribution >= 4 is 11.8 Å². The van der Waals surface area contributed by atoms with Crippen LogP contribution in [0, 0.1) is 18.9 Å². The van der Waals surface area contributed by atoms with Gasteiger partial charge >= 0.3 is 12.1 Å². The topological polar surface area (TPSA) is 119 Å². The van der Waals surface area contributed by atoms with Gasteiger partial charge in [-0.1, -0.05) is 18.2 Å². The molecule has 2 amide bonds. The number of aromatic nitrogens is 5. The summed E-state index contributed by atoms with van der Waals surface area (Å²) < 4.78 is 33.9. The van der Waals surface area contributed by atoms with Crippen molar-refractivity contribution in [3.63, 3.8) is 0 Å². The second kappa shape index (κ2) is 11.6. The largest absolute Gasteiger partial charge is 0.383 e. The van der Waals surface area contributed by atoms with Crippen LogP contribution in [-0.4, -0.2) is 68.7 Å². The number of rotatable bonds is 8. The SMILES string of the molecule is COCCN1C[C@@H](NC(=O)Nc2c(C)c(-c3cnc(F)nc3)nn2-c2ccccc2)[C@H](c2ccnc(F)c2)O1. The van der Waals surface area contributed by atoms with Gasteiger partial charge in [-0.15, -0.1) is 0 Å². The van der Waals surface area contributed by atoms with Crippen molar-refractivity contribution in [2.45, 2.75) is 19.1 Å². The average molecular weight is 537 g/mol. The number of para-hydroxylation sites is 1. The number of hydrogen-bond acceptors (Lipinski definition) is 8. The quantitative estimate of drug-likeness (QED) is 0.260. The smallest absolute Gasteiger partial charge is 0.320 e. The van der Waals surface area contributed by atoms with E-state index in [4.69, 9.17) is 9.57 Å². The third-order valence-electron chi connectivity index (χ3n) is 6.22. The molecule has 11 nitrogen and oxygen atoms in total. The van der Waals surface area contributed by atoms with Gasteiger partial charge in [0.05, 0.1) is 18.3 Å². The van der Waals surface area contributed by atoms with E-state index in [-0.39, 0.29) is 0 Å². The zero-order valence-electron chi connectivity index (χ0n) is 21.2. The predicted molar refractivity (Wildman–Crippen MR) is 137 cm³/mol. The number of urea groups is 1. The maximum absolute atomic E-state index is 13.9. The zero-order valence-corrected chi connectivity index (χ0v) is 21.2. The Morgan fingerprint density at radius 1 is 1.15 bits per heavy atom. The van der Waals surface area contributed by atoms with E-state index >= 15 is 0 Å². The normalized spacial score (nSPS) is 17.3. The summed E-state index contributed by atoms with van der Waals surface area (Å²) in [5, 5.41) is 12.2. The highest BCUT2D eigenvalue weighted by Crippen LogP contribution is 2.31. The molecule has 0 saturated carbocycles. The summed E-state index contributed by atoms with van der Waals surface area (Å²) in [5.74, 6) is -0.242. The number of halogens is 2. The van der Waals surface area contributed by atoms with Crippen molar-refractivity contribution in [3.8, 4) is 16.9 Å². The first-order chi connectivity index (χ1) is 18.9. The second-order valence-electron chi connectivity index (χ2n) is 8.83. The van der Waals surface area contributed by atoms with Crippen LogP contribution in [0.1, 0.15) is 17.2 Å². The number of carbonyl (C=O) groups excluding carboxylic acids is 1. The summed E-state index contributed by atoms with van der Waals surface area (Å²) in [7, 11) is 1.58. The van der Waals surface area contributed by atoms with E-state index in [9.17, 15) is 13.6 Å². The predicted octanol–water partition coefficient (Wildman–Crippen LogP) is 3.44. The summed E-state index contributed by atoms with van der Waals surface area (Å²) >= 11 is 0. The number of ether oxygens (including phenoxy) is 1. The van der Waals surface area contributed by atoms with E-state index in [0.29, 0.717) is 53.6 Å². The lowest BCUT2D eigenvalue weighted by Gasteiger charge is -2.19. The summed E-state index contributed by atoms with van der Waals surface area (Å²) in [6.45, 7) is 3.01. The van der Waals surface area contributed by atoms with Crippen molar-refractivity contribution in [1.82, 2.24) is 35.1 Å². The van der Waals surface area contributed by atoms with Crippen LogP contribution in [0.5, 0.6) is 0 Å². The highest BCUT2D eigenvalue weighted by Gasteiger charge is 2.37. The van der Waals surface area contributed by atoms with Crippen LogP contribution in [0.25, 0.3) is 16.9 Å². The lowest BCUT2D eigenvalue weighted by molar-refractivity contribution is -0.154. The van der Waals surface area contributed by atoms with Gasteiger partial charge in [0.1, 0.15) is 17.6 Å². The van der Waals surface area contributed by atoms with E-state index < -0.39 is 30.2 Å². The molecule has 13 heteroatoms. The zero-order chi connectivity index (χ0) is 27.4. The maximum Gasteiger partial charge on any atom is 0.320 e. The molecule has 4 heterocycles. The molecule has 202 valence electrons. The number of nitrogens with one attached hydrogen (secondary N) is 2. The van der Waals surface area contributed by atoms with Crippen LogP contribution in [0.3, 0.4) is 0 Å². The van der Waals surface area contributed by atoms with E-state index in [1.54, 1.807) is 29.8 Å². The Morgan fingerprint density at radius 2 is 1.92 bits per heavy atom. The molecule has 1 aliphatic rings. The Kier molecular flexibility index (Phi) is 7.81. The first-order valence-corrected chi connectivity index (χ1v) is 12.2. The Bertz CT molecular complexity index is 1440. The standard InChI is InChI=1S/C26H26F2N8O3/c1-16-22(18-13-30-25(28)31-14-18)34-36(19-6-4-3-5-7-19)24(16)33-26(37)32-20-15-35(10-11-38-2)39-23(20)17-8-9-29-21(27)12-17/h3-9,12-14,20,23H,10-11,15H2,1-2H3,(H2,32,33,37)/t20-,23+/m1/s1. The Labute approximate surface area is 222 Å². The van der Waals surface area contributed by atoms with Crippen LogP contribution in [0.2, 0.25) is 0 Å². The van der Waals surface area contributed by atoms with Crippen molar-refractivity contribution in [2.24, 2.45) is 0 Å². The molecular formula is C26H26F2N8O3. The molecule has 2 N–H and O–H groups in total. The number of pyridine rings is 1. The summed E-state index contributed by atoms with van der Waals surface area (Å²) in [6.07, 6.45) is 2.53. The molecule has 2 atom stereocenters. The van der Waals surface area contributed by atoms with Gasteiger partial charge in [-0.3, -0.25) is 10.2 Å². The molecule has 3 aromatic heterocycles. The number of hydrogen-bond donors (Lipinski definition) is 2. The van der Waals surface area contributed by atoms with Crippen molar-refractivity contribution in [3.05, 3.63) is 84.2 Å². The van der Waals surface area contributed by atoms with E-state index in [2.05, 4.69) is 30.7 Å². The van der Waals surface area contributed by atoms with Gasteiger partial charge in [0.2, 0.25) is 5.95 Å². The van der Waals surface area contributed by atoms with Gasteiger partial charge in [0.15, 0.2) is 0 Å². The molecule has 0 bridgehead atoms. The van der Waals surface area contributed by atoms with Gasteiger partial charge in [0, 0.05) is 49.9 Å². The van der Waals surface area contributed by atoms with Gasteiger partial charge in [-0.25, -0.2) is 24.4 Å². The van der Waals surface area contributed by atoms with Crippen LogP contribution in [0.4, 0.5) is 19.4 Å². The highest BCUT2D eigenvalue weighted by molar-refractivity contribution is 5.91.